The Labute approximate surface area is 212 Å². The van der Waals surface area contributed by atoms with Crippen LogP contribution in [0.5, 0.6) is 0 Å². The smallest absolute Gasteiger partial charge is 0.126 e. The van der Waals surface area contributed by atoms with E-state index in [0.29, 0.717) is 33.7 Å². The predicted octanol–water partition coefficient (Wildman–Crippen LogP) is 5.25. The first-order valence-corrected chi connectivity index (χ1v) is 13.0. The summed E-state index contributed by atoms with van der Waals surface area (Å²) < 4.78 is 10.7. The van der Waals surface area contributed by atoms with Crippen molar-refractivity contribution in [2.45, 2.75) is 50.6 Å². The minimum Gasteiger partial charge on any atom is -0.383 e. The summed E-state index contributed by atoms with van der Waals surface area (Å²) in [5.74, 6) is 2.08. The zero-order valence-electron chi connectivity index (χ0n) is 19.8. The molecule has 1 aliphatic carbocycles. The number of anilines is 2. The fourth-order valence-electron chi connectivity index (χ4n) is 4.66. The molecule has 0 bridgehead atoms. The summed E-state index contributed by atoms with van der Waals surface area (Å²) >= 11 is 13.1. The summed E-state index contributed by atoms with van der Waals surface area (Å²) in [6.45, 7) is 4.14. The first-order chi connectivity index (χ1) is 16.6. The normalized spacial score (nSPS) is 23.0. The van der Waals surface area contributed by atoms with Gasteiger partial charge in [-0.25, -0.2) is 9.97 Å². The lowest BCUT2D eigenvalue weighted by molar-refractivity contribution is 0.0595. The Kier molecular flexibility index (Phi) is 9.65. The van der Waals surface area contributed by atoms with Crippen LogP contribution in [-0.2, 0) is 9.47 Å². The molecular weight excluding hydrogens is 473 g/mol. The van der Waals surface area contributed by atoms with Gasteiger partial charge in [0.2, 0.25) is 0 Å². The van der Waals surface area contributed by atoms with Crippen LogP contribution in [0.15, 0.2) is 24.4 Å². The van der Waals surface area contributed by atoms with E-state index in [1.165, 1.54) is 6.42 Å². The first-order valence-electron chi connectivity index (χ1n) is 12.3. The Morgan fingerprint density at radius 1 is 1.06 bits per heavy atom. The van der Waals surface area contributed by atoms with Gasteiger partial charge in [0.05, 0.1) is 29.0 Å². The minimum absolute atomic E-state index is 0.385. The third-order valence-electron chi connectivity index (χ3n) is 6.60. The highest BCUT2D eigenvalue weighted by molar-refractivity contribution is 6.36. The first kappa shape index (κ1) is 25.5. The standard InChI is InChI=1S/C25H35Cl2N5O2/c1-33-12-10-28-18-4-6-19(7-5-18)31-24-13-20(22(27)15-30-24)25-21(26)8-9-23(32-25)29-14-17-3-2-11-34-16-17/h8-9,13,15,17-19,28H,2-7,10-12,14,16H2,1H3,(H,29,32)(H,30,31)/t17-,18-,19-/m0/s1. The monoisotopic (exact) mass is 507 g/mol. The van der Waals surface area contributed by atoms with Crippen molar-refractivity contribution in [1.29, 1.82) is 0 Å². The Hall–Kier alpha value is -1.64. The largest absolute Gasteiger partial charge is 0.383 e. The van der Waals surface area contributed by atoms with Crippen LogP contribution in [0.1, 0.15) is 38.5 Å². The molecular formula is C25H35Cl2N5O2. The molecule has 186 valence electrons. The maximum atomic E-state index is 6.54. The number of hydrogen-bond donors (Lipinski definition) is 3. The number of methoxy groups -OCH3 is 1. The zero-order valence-corrected chi connectivity index (χ0v) is 21.3. The number of hydrogen-bond acceptors (Lipinski definition) is 7. The van der Waals surface area contributed by atoms with Gasteiger partial charge in [-0.1, -0.05) is 23.2 Å². The van der Waals surface area contributed by atoms with Crippen molar-refractivity contribution in [3.63, 3.8) is 0 Å². The van der Waals surface area contributed by atoms with Gasteiger partial charge in [0.15, 0.2) is 0 Å². The molecule has 2 fully saturated rings. The van der Waals surface area contributed by atoms with Crippen LogP contribution in [0.4, 0.5) is 11.6 Å². The Morgan fingerprint density at radius 3 is 2.65 bits per heavy atom. The van der Waals surface area contributed by atoms with Crippen LogP contribution in [0.2, 0.25) is 10.0 Å². The summed E-state index contributed by atoms with van der Waals surface area (Å²) in [7, 11) is 1.73. The summed E-state index contributed by atoms with van der Waals surface area (Å²) in [5.41, 5.74) is 1.44. The van der Waals surface area contributed by atoms with Crippen molar-refractivity contribution in [1.82, 2.24) is 15.3 Å². The van der Waals surface area contributed by atoms with Crippen LogP contribution in [-0.4, -0.2) is 62.1 Å². The van der Waals surface area contributed by atoms with E-state index in [2.05, 4.69) is 20.9 Å². The molecule has 2 aromatic rings. The summed E-state index contributed by atoms with van der Waals surface area (Å²) in [6.07, 6.45) is 8.41. The molecule has 0 amide bonds. The van der Waals surface area contributed by atoms with Crippen molar-refractivity contribution in [2.75, 3.05) is 50.7 Å². The van der Waals surface area contributed by atoms with Crippen molar-refractivity contribution >= 4 is 34.8 Å². The average Bonchev–Trinajstić information content (AvgIpc) is 2.87. The second-order valence-corrected chi connectivity index (χ2v) is 9.99. The highest BCUT2D eigenvalue weighted by Crippen LogP contribution is 2.34. The van der Waals surface area contributed by atoms with Gasteiger partial charge in [-0.3, -0.25) is 0 Å². The molecule has 7 nitrogen and oxygen atoms in total. The second kappa shape index (κ2) is 12.9. The molecule has 1 saturated carbocycles. The van der Waals surface area contributed by atoms with Crippen molar-refractivity contribution < 1.29 is 9.47 Å². The number of nitrogens with one attached hydrogen (secondary N) is 3. The summed E-state index contributed by atoms with van der Waals surface area (Å²) in [4.78, 5) is 9.29. The van der Waals surface area contributed by atoms with E-state index in [0.717, 1.165) is 82.2 Å². The quantitative estimate of drug-likeness (QED) is 0.379. The van der Waals surface area contributed by atoms with Crippen LogP contribution in [0, 0.1) is 5.92 Å². The van der Waals surface area contributed by atoms with Crippen molar-refractivity contribution in [2.24, 2.45) is 5.92 Å². The van der Waals surface area contributed by atoms with Crippen LogP contribution in [0.25, 0.3) is 11.3 Å². The Morgan fingerprint density at radius 2 is 1.88 bits per heavy atom. The maximum absolute atomic E-state index is 6.54. The van der Waals surface area contributed by atoms with Crippen LogP contribution < -0.4 is 16.0 Å². The van der Waals surface area contributed by atoms with Gasteiger partial charge in [-0.05, 0) is 62.6 Å². The van der Waals surface area contributed by atoms with E-state index < -0.39 is 0 Å². The molecule has 1 aliphatic heterocycles. The third kappa shape index (κ3) is 7.18. The van der Waals surface area contributed by atoms with E-state index in [1.807, 2.05) is 18.2 Å². The highest BCUT2D eigenvalue weighted by atomic mass is 35.5. The maximum Gasteiger partial charge on any atom is 0.126 e. The molecule has 4 rings (SSSR count). The van der Waals surface area contributed by atoms with Gasteiger partial charge in [-0.2, -0.15) is 0 Å². The topological polar surface area (TPSA) is 80.3 Å². The Balaban J connectivity index is 1.39. The predicted molar refractivity (Wildman–Crippen MR) is 139 cm³/mol. The molecule has 1 atom stereocenters. The van der Waals surface area contributed by atoms with E-state index in [4.69, 9.17) is 37.7 Å². The molecule has 9 heteroatoms. The van der Waals surface area contributed by atoms with E-state index in [-0.39, 0.29) is 0 Å². The number of aromatic nitrogens is 2. The third-order valence-corrected chi connectivity index (χ3v) is 7.21. The van der Waals surface area contributed by atoms with Crippen molar-refractivity contribution in [3.8, 4) is 11.3 Å². The van der Waals surface area contributed by atoms with Crippen LogP contribution >= 0.6 is 23.2 Å². The molecule has 1 saturated heterocycles. The lowest BCUT2D eigenvalue weighted by Crippen LogP contribution is -2.38. The molecule has 3 heterocycles. The molecule has 2 aromatic heterocycles. The molecule has 3 N–H and O–H groups in total. The fraction of sp³-hybridized carbons (Fsp3) is 0.600. The lowest BCUT2D eigenvalue weighted by Gasteiger charge is -2.30. The number of ether oxygens (including phenoxy) is 2. The SMILES string of the molecule is COCCN[C@H]1CC[C@H](Nc2cc(-c3nc(NC[C@@H]4CCCOC4)ccc3Cl)c(Cl)cn2)CC1. The van der Waals surface area contributed by atoms with E-state index >= 15 is 0 Å². The molecule has 2 aliphatic rings. The number of rotatable bonds is 10. The van der Waals surface area contributed by atoms with Gasteiger partial charge in [0.25, 0.3) is 0 Å². The number of pyridine rings is 2. The van der Waals surface area contributed by atoms with Gasteiger partial charge in [0.1, 0.15) is 11.6 Å². The van der Waals surface area contributed by atoms with Gasteiger partial charge in [-0.15, -0.1) is 0 Å². The van der Waals surface area contributed by atoms with Crippen molar-refractivity contribution in [3.05, 3.63) is 34.4 Å². The van der Waals surface area contributed by atoms with Gasteiger partial charge >= 0.3 is 0 Å². The number of nitrogens with zero attached hydrogens (tertiary/aromatic N) is 2. The fourth-order valence-corrected chi connectivity index (χ4v) is 5.06. The van der Waals surface area contributed by atoms with E-state index in [1.54, 1.807) is 13.3 Å². The Bertz CT molecular complexity index is 918. The molecule has 0 aromatic carbocycles. The van der Waals surface area contributed by atoms with Crippen LogP contribution in [0.3, 0.4) is 0 Å². The second-order valence-electron chi connectivity index (χ2n) is 9.18. The summed E-state index contributed by atoms with van der Waals surface area (Å²) in [6, 6.07) is 6.67. The lowest BCUT2D eigenvalue weighted by atomic mass is 9.91. The average molecular weight is 508 g/mol. The summed E-state index contributed by atoms with van der Waals surface area (Å²) in [5, 5.41) is 11.7. The molecule has 0 radical (unpaired) electrons. The molecule has 0 unspecified atom stereocenters. The molecule has 34 heavy (non-hydrogen) atoms. The van der Waals surface area contributed by atoms with E-state index in [9.17, 15) is 0 Å². The highest BCUT2D eigenvalue weighted by Gasteiger charge is 2.22. The molecule has 0 spiro atoms. The van der Waals surface area contributed by atoms with Gasteiger partial charge in [0, 0.05) is 50.7 Å². The van der Waals surface area contributed by atoms with Gasteiger partial charge < -0.3 is 25.4 Å². The minimum atomic E-state index is 0.385. The zero-order chi connectivity index (χ0) is 23.8. The number of halogens is 2.